The highest BCUT2D eigenvalue weighted by molar-refractivity contribution is 6.00. The molecule has 0 spiro atoms. The monoisotopic (exact) mass is 748 g/mol. The fourth-order valence-electron chi connectivity index (χ4n) is 13.7. The summed E-state index contributed by atoms with van der Waals surface area (Å²) in [4.78, 5) is 30.6. The van der Waals surface area contributed by atoms with Gasteiger partial charge in [0, 0.05) is 38.0 Å². The highest BCUT2D eigenvalue weighted by Gasteiger charge is 2.70. The highest BCUT2D eigenvalue weighted by Crippen LogP contribution is 2.77. The predicted octanol–water partition coefficient (Wildman–Crippen LogP) is 9.42. The lowest BCUT2D eigenvalue weighted by Crippen LogP contribution is -2.64. The molecule has 294 valence electrons. The first-order valence-corrected chi connectivity index (χ1v) is 20.8. The number of hydrogen-bond donors (Lipinski definition) is 2. The molecule has 1 aromatic carbocycles. The molecule has 0 unspecified atom stereocenters. The van der Waals surface area contributed by atoms with Crippen LogP contribution in [0, 0.1) is 56.7 Å². The van der Waals surface area contributed by atoms with Crippen LogP contribution in [-0.4, -0.2) is 78.1 Å². The molecule has 1 aromatic rings. The Morgan fingerprint density at radius 3 is 2.17 bits per heavy atom. The van der Waals surface area contributed by atoms with Crippen LogP contribution in [0.15, 0.2) is 41.5 Å². The molecule has 0 aromatic heterocycles. The van der Waals surface area contributed by atoms with Crippen molar-refractivity contribution in [1.29, 1.82) is 0 Å². The van der Waals surface area contributed by atoms with Gasteiger partial charge in [0.1, 0.15) is 0 Å². The molecule has 8 atom stereocenters. The number of aromatic carboxylic acids is 1. The molecule has 0 amide bonds. The van der Waals surface area contributed by atoms with Crippen molar-refractivity contribution in [2.24, 2.45) is 56.7 Å². The fourth-order valence-corrected chi connectivity index (χ4v) is 13.7. The van der Waals surface area contributed by atoms with Gasteiger partial charge in [0.05, 0.1) is 11.7 Å². The lowest BCUT2D eigenvalue weighted by atomic mass is 9.33. The summed E-state index contributed by atoms with van der Waals surface area (Å²) in [6.45, 7) is 20.8. The summed E-state index contributed by atoms with van der Waals surface area (Å²) in [5, 5.41) is 22.0. The van der Waals surface area contributed by atoms with E-state index in [1.165, 1.54) is 43.3 Å². The third-order valence-electron chi connectivity index (χ3n) is 16.7. The second-order valence-corrected chi connectivity index (χ2v) is 20.3. The Hall–Kier alpha value is -1.99. The zero-order valence-electron chi connectivity index (χ0n) is 34.3. The van der Waals surface area contributed by atoms with Crippen molar-refractivity contribution in [3.8, 4) is 0 Å². The number of carboxylic acids is 1. The third-order valence-corrected chi connectivity index (χ3v) is 16.7. The number of benzene rings is 1. The number of likely N-dealkylation sites (N-methyl/N-ethyl adjacent to an activating group) is 1. The molecule has 6 aliphatic rings. The van der Waals surface area contributed by atoms with Gasteiger partial charge in [0.25, 0.3) is 0 Å². The van der Waals surface area contributed by atoms with Crippen molar-refractivity contribution in [1.82, 2.24) is 9.80 Å². The number of allylic oxidation sites excluding steroid dienone is 3. The zero-order valence-corrected chi connectivity index (χ0v) is 35.1. The Kier molecular flexibility index (Phi) is 10.9. The maximum atomic E-state index is 14.2. The van der Waals surface area contributed by atoms with E-state index in [1.807, 2.05) is 12.1 Å². The molecule has 0 aliphatic heterocycles. The van der Waals surface area contributed by atoms with Crippen molar-refractivity contribution in [3.05, 3.63) is 52.6 Å². The Balaban J connectivity index is 0.00000481. The molecule has 0 bridgehead atoms. The Morgan fingerprint density at radius 1 is 0.887 bits per heavy atom. The summed E-state index contributed by atoms with van der Waals surface area (Å²) in [5.74, 6) is 1.78. The second kappa shape index (κ2) is 14.2. The van der Waals surface area contributed by atoms with Gasteiger partial charge < -0.3 is 15.1 Å². The van der Waals surface area contributed by atoms with Gasteiger partial charge in [-0.15, -0.1) is 12.4 Å². The van der Waals surface area contributed by atoms with Crippen molar-refractivity contribution in [2.75, 3.05) is 40.3 Å². The van der Waals surface area contributed by atoms with E-state index in [0.29, 0.717) is 42.1 Å². The van der Waals surface area contributed by atoms with Crippen LogP contribution < -0.4 is 0 Å². The van der Waals surface area contributed by atoms with Crippen LogP contribution >= 0.6 is 12.4 Å². The molecular weight excluding hydrogens is 680 g/mol. The molecule has 4 saturated carbocycles. The Bertz CT molecular complexity index is 1640. The molecule has 0 heterocycles. The number of carboxylic acid groups (broad SMARTS) is 1. The Labute approximate surface area is 326 Å². The fraction of sp³-hybridized carbons (Fsp3) is 0.739. The minimum absolute atomic E-state index is 0. The summed E-state index contributed by atoms with van der Waals surface area (Å²) in [7, 11) is 4.27. The van der Waals surface area contributed by atoms with Gasteiger partial charge >= 0.3 is 5.97 Å². The first kappa shape index (κ1) is 40.7. The van der Waals surface area contributed by atoms with Crippen LogP contribution in [0.1, 0.15) is 129 Å². The van der Waals surface area contributed by atoms with Crippen LogP contribution in [0.4, 0.5) is 0 Å². The van der Waals surface area contributed by atoms with E-state index in [-0.39, 0.29) is 40.0 Å². The van der Waals surface area contributed by atoms with E-state index < -0.39 is 17.5 Å². The molecule has 7 rings (SSSR count). The van der Waals surface area contributed by atoms with Gasteiger partial charge in [-0.2, -0.15) is 0 Å². The van der Waals surface area contributed by atoms with Gasteiger partial charge in [-0.05, 0) is 152 Å². The number of carbonyl (C=O) groups is 2. The van der Waals surface area contributed by atoms with Crippen LogP contribution in [-0.2, 0) is 4.79 Å². The lowest BCUT2D eigenvalue weighted by molar-refractivity contribution is -0.200. The predicted molar refractivity (Wildman–Crippen MR) is 217 cm³/mol. The molecule has 6 nitrogen and oxygen atoms in total. The molecule has 0 saturated heterocycles. The number of ketones is 1. The number of rotatable bonds is 11. The number of hydrogen-bond acceptors (Lipinski definition) is 5. The largest absolute Gasteiger partial charge is 0.478 e. The van der Waals surface area contributed by atoms with Crippen molar-refractivity contribution < 1.29 is 19.8 Å². The first-order valence-electron chi connectivity index (χ1n) is 20.8. The number of nitrogens with zero attached hydrogens (tertiary/aromatic N) is 2. The zero-order chi connectivity index (χ0) is 37.6. The maximum absolute atomic E-state index is 14.2. The van der Waals surface area contributed by atoms with E-state index in [4.69, 9.17) is 0 Å². The third kappa shape index (κ3) is 6.42. The van der Waals surface area contributed by atoms with Crippen LogP contribution in [0.3, 0.4) is 0 Å². The number of fused-ring (bicyclic) bond motifs is 7. The average molecular weight is 750 g/mol. The topological polar surface area (TPSA) is 81.1 Å². The first-order chi connectivity index (χ1) is 24.4. The quantitative estimate of drug-likeness (QED) is 0.235. The number of aliphatic hydroxyl groups excluding tert-OH is 1. The maximum Gasteiger partial charge on any atom is 0.335 e. The van der Waals surface area contributed by atoms with Crippen molar-refractivity contribution >= 4 is 29.7 Å². The van der Waals surface area contributed by atoms with Crippen molar-refractivity contribution in [2.45, 2.75) is 119 Å². The summed E-state index contributed by atoms with van der Waals surface area (Å²) in [5.41, 5.74) is 5.18. The van der Waals surface area contributed by atoms with E-state index in [1.54, 1.807) is 12.1 Å². The minimum atomic E-state index is -0.880. The standard InChI is InChI=1S/C46H68N2O4.ClH/c1-29(2)39-35(49)26-46(38(50)28-48(25-24-47(8)9)27-30-10-11-30)23-22-44(6)34(40(39)46)16-17-37-43(5)20-18-33(31-12-14-32(15-13-31)41(51)52)42(3,4)36(43)19-21-45(37,44)7;/h12-15,18,29-30,34,36-38,50H,10-11,16-17,19-28H2,1-9H3,(H,51,52);1H/t34-,36+,37-,38+,43+,44-,45-,46+;/m1./s1. The van der Waals surface area contributed by atoms with Gasteiger partial charge in [-0.25, -0.2) is 4.79 Å². The van der Waals surface area contributed by atoms with Gasteiger partial charge in [-0.3, -0.25) is 9.69 Å². The van der Waals surface area contributed by atoms with Gasteiger partial charge in [0.2, 0.25) is 0 Å². The van der Waals surface area contributed by atoms with Crippen molar-refractivity contribution in [3.63, 3.8) is 0 Å². The molecule has 7 heteroatoms. The smallest absolute Gasteiger partial charge is 0.335 e. The number of Topliss-reactive ketones (excluding diaryl/α,β-unsaturated/α-hetero) is 1. The summed E-state index contributed by atoms with van der Waals surface area (Å²) in [6.07, 6.45) is 12.7. The molecular formula is C46H69ClN2O4. The molecule has 2 N–H and O–H groups in total. The molecule has 53 heavy (non-hydrogen) atoms. The molecule has 6 aliphatic carbocycles. The summed E-state index contributed by atoms with van der Waals surface area (Å²) < 4.78 is 0. The summed E-state index contributed by atoms with van der Waals surface area (Å²) in [6, 6.07) is 7.53. The minimum Gasteiger partial charge on any atom is -0.478 e. The van der Waals surface area contributed by atoms with E-state index in [0.717, 1.165) is 62.4 Å². The number of aliphatic hydroxyl groups is 1. The van der Waals surface area contributed by atoms with Crippen LogP contribution in [0.5, 0.6) is 0 Å². The van der Waals surface area contributed by atoms with Crippen LogP contribution in [0.25, 0.3) is 5.57 Å². The molecule has 4 fully saturated rings. The Morgan fingerprint density at radius 2 is 1.57 bits per heavy atom. The highest BCUT2D eigenvalue weighted by atomic mass is 35.5. The second-order valence-electron chi connectivity index (χ2n) is 20.3. The normalized spacial score (nSPS) is 36.7. The number of carbonyl (C=O) groups excluding carboxylic acids is 1. The average Bonchev–Trinajstić information content (AvgIpc) is 3.83. The van der Waals surface area contributed by atoms with E-state index >= 15 is 0 Å². The molecule has 0 radical (unpaired) electrons. The van der Waals surface area contributed by atoms with Gasteiger partial charge in [-0.1, -0.05) is 72.2 Å². The van der Waals surface area contributed by atoms with Gasteiger partial charge in [0.15, 0.2) is 5.78 Å². The van der Waals surface area contributed by atoms with E-state index in [2.05, 4.69) is 78.4 Å². The number of halogens is 1. The lowest BCUT2D eigenvalue weighted by Gasteiger charge is -2.71. The van der Waals surface area contributed by atoms with E-state index in [9.17, 15) is 19.8 Å². The summed E-state index contributed by atoms with van der Waals surface area (Å²) >= 11 is 0. The SMILES string of the molecule is CC(C)C1=C2[C@H]3CC[C@@H]4[C@@]5(C)CC=C(c6ccc(C(=O)O)cc6)C(C)(C)[C@@H]5CC[C@@]4(C)[C@]3(C)CC[C@@]2([C@@H](O)CN(CCN(C)C)CC2CC2)CC1=O.Cl. The van der Waals surface area contributed by atoms with Crippen LogP contribution in [0.2, 0.25) is 0 Å².